The number of methoxy groups -OCH3 is 1. The van der Waals surface area contributed by atoms with Crippen LogP contribution in [0.2, 0.25) is 0 Å². The van der Waals surface area contributed by atoms with E-state index in [1.54, 1.807) is 13.8 Å². The Morgan fingerprint density at radius 1 is 1.57 bits per heavy atom. The van der Waals surface area contributed by atoms with Crippen LogP contribution in [0.4, 0.5) is 9.59 Å². The third-order valence-electron chi connectivity index (χ3n) is 2.18. The number of nitrogens with zero attached hydrogens (tertiary/aromatic N) is 1. The van der Waals surface area contributed by atoms with E-state index in [4.69, 9.17) is 0 Å². The van der Waals surface area contributed by atoms with E-state index in [1.165, 1.54) is 0 Å². The van der Waals surface area contributed by atoms with Crippen LogP contribution in [0.15, 0.2) is 0 Å². The Kier molecular flexibility index (Phi) is 2.84. The Hall–Kier alpha value is -1.04. The minimum Gasteiger partial charge on any atom is -0.452 e. The highest BCUT2D eigenvalue weighted by Gasteiger charge is 2.51. The molecular formula is C8H11NO4S. The molecular weight excluding hydrogens is 206 g/mol. The predicted molar refractivity (Wildman–Crippen MR) is 50.9 cm³/mol. The van der Waals surface area contributed by atoms with Crippen molar-refractivity contribution in [1.82, 2.24) is 4.90 Å². The highest BCUT2D eigenvalue weighted by Crippen LogP contribution is 2.39. The summed E-state index contributed by atoms with van der Waals surface area (Å²) >= 11 is 0.864. The average molecular weight is 217 g/mol. The molecule has 1 atom stereocenters. The van der Waals surface area contributed by atoms with E-state index in [0.29, 0.717) is 11.3 Å². The third-order valence-corrected chi connectivity index (χ3v) is 3.45. The van der Waals surface area contributed by atoms with Crippen LogP contribution in [-0.2, 0) is 9.53 Å². The van der Waals surface area contributed by atoms with Crippen molar-refractivity contribution < 1.29 is 19.1 Å². The van der Waals surface area contributed by atoms with Crippen molar-refractivity contribution in [1.29, 1.82) is 0 Å². The summed E-state index contributed by atoms with van der Waals surface area (Å²) in [7, 11) is 1.13. The average Bonchev–Trinajstić information content (AvgIpc) is 2.38. The SMILES string of the molecule is CCC1(C)SC(=O)N(C(=O)OC)C1=O. The molecule has 0 aliphatic carbocycles. The molecule has 0 N–H and O–H groups in total. The molecule has 0 spiro atoms. The van der Waals surface area contributed by atoms with Gasteiger partial charge >= 0.3 is 6.09 Å². The highest BCUT2D eigenvalue weighted by atomic mass is 32.2. The van der Waals surface area contributed by atoms with E-state index in [0.717, 1.165) is 18.9 Å². The van der Waals surface area contributed by atoms with Gasteiger partial charge in [0.15, 0.2) is 0 Å². The first kappa shape index (κ1) is 11.0. The van der Waals surface area contributed by atoms with Crippen molar-refractivity contribution in [3.63, 3.8) is 0 Å². The summed E-state index contributed by atoms with van der Waals surface area (Å²) in [4.78, 5) is 34.6. The molecule has 1 heterocycles. The van der Waals surface area contributed by atoms with Gasteiger partial charge in [0.2, 0.25) is 0 Å². The van der Waals surface area contributed by atoms with Crippen molar-refractivity contribution >= 4 is 29.0 Å². The first-order chi connectivity index (χ1) is 6.46. The second kappa shape index (κ2) is 3.61. The van der Waals surface area contributed by atoms with Crippen LogP contribution in [0.1, 0.15) is 20.3 Å². The van der Waals surface area contributed by atoms with Crippen molar-refractivity contribution in [2.75, 3.05) is 7.11 Å². The van der Waals surface area contributed by atoms with Crippen LogP contribution in [0.25, 0.3) is 0 Å². The molecule has 0 aromatic rings. The number of hydrogen-bond acceptors (Lipinski definition) is 5. The fourth-order valence-corrected chi connectivity index (χ4v) is 2.03. The summed E-state index contributed by atoms with van der Waals surface area (Å²) in [5.74, 6) is -0.498. The molecule has 0 saturated carbocycles. The van der Waals surface area contributed by atoms with Gasteiger partial charge in [-0.05, 0) is 25.1 Å². The lowest BCUT2D eigenvalue weighted by atomic mass is 10.1. The Morgan fingerprint density at radius 3 is 2.50 bits per heavy atom. The van der Waals surface area contributed by atoms with Gasteiger partial charge in [-0.1, -0.05) is 6.92 Å². The maximum absolute atomic E-state index is 11.7. The molecule has 0 aromatic carbocycles. The van der Waals surface area contributed by atoms with Crippen LogP contribution >= 0.6 is 11.8 Å². The molecule has 1 fully saturated rings. The normalized spacial score (nSPS) is 26.9. The summed E-state index contributed by atoms with van der Waals surface area (Å²) in [5.41, 5.74) is 0. The van der Waals surface area contributed by atoms with Gasteiger partial charge in [0.25, 0.3) is 11.1 Å². The standard InChI is InChI=1S/C8H11NO4S/c1-4-8(2)5(10)9(6(11)13-3)7(12)14-8/h4H2,1-3H3. The Labute approximate surface area is 85.8 Å². The predicted octanol–water partition coefficient (Wildman–Crippen LogP) is 1.62. The smallest absolute Gasteiger partial charge is 0.423 e. The molecule has 1 aliphatic heterocycles. The van der Waals surface area contributed by atoms with Crippen LogP contribution in [0.3, 0.4) is 0 Å². The molecule has 1 unspecified atom stereocenters. The van der Waals surface area contributed by atoms with E-state index in [9.17, 15) is 14.4 Å². The number of carbonyl (C=O) groups excluding carboxylic acids is 3. The van der Waals surface area contributed by atoms with Gasteiger partial charge < -0.3 is 4.74 Å². The quantitative estimate of drug-likeness (QED) is 0.667. The number of rotatable bonds is 1. The zero-order valence-electron chi connectivity index (χ0n) is 8.20. The number of ether oxygens (including phenoxy) is 1. The molecule has 14 heavy (non-hydrogen) atoms. The van der Waals surface area contributed by atoms with Gasteiger partial charge in [0, 0.05) is 0 Å². The minimum atomic E-state index is -0.912. The first-order valence-electron chi connectivity index (χ1n) is 4.11. The van der Waals surface area contributed by atoms with Crippen LogP contribution < -0.4 is 0 Å². The van der Waals surface area contributed by atoms with Gasteiger partial charge in [-0.25, -0.2) is 4.79 Å². The molecule has 1 aliphatic rings. The molecule has 0 bridgehead atoms. The summed E-state index contributed by atoms with van der Waals surface area (Å²) in [6.45, 7) is 3.43. The minimum absolute atomic E-state index is 0.496. The van der Waals surface area contributed by atoms with E-state index in [-0.39, 0.29) is 0 Å². The number of carbonyl (C=O) groups is 3. The molecule has 3 amide bonds. The topological polar surface area (TPSA) is 63.7 Å². The highest BCUT2D eigenvalue weighted by molar-refractivity contribution is 8.16. The van der Waals surface area contributed by atoms with Crippen LogP contribution in [0, 0.1) is 0 Å². The zero-order chi connectivity index (χ0) is 10.9. The van der Waals surface area contributed by atoms with Gasteiger partial charge in [0.05, 0.1) is 7.11 Å². The van der Waals surface area contributed by atoms with Crippen molar-refractivity contribution in [2.45, 2.75) is 25.0 Å². The molecule has 0 radical (unpaired) electrons. The lowest BCUT2D eigenvalue weighted by Crippen LogP contribution is -2.40. The van der Waals surface area contributed by atoms with E-state index < -0.39 is 22.0 Å². The molecule has 0 aromatic heterocycles. The zero-order valence-corrected chi connectivity index (χ0v) is 9.01. The van der Waals surface area contributed by atoms with Gasteiger partial charge in [-0.3, -0.25) is 9.59 Å². The fourth-order valence-electron chi connectivity index (χ4n) is 1.07. The molecule has 1 saturated heterocycles. The van der Waals surface area contributed by atoms with E-state index in [2.05, 4.69) is 4.74 Å². The second-order valence-electron chi connectivity index (χ2n) is 3.06. The summed E-state index contributed by atoms with van der Waals surface area (Å²) in [6.07, 6.45) is -0.417. The maximum atomic E-state index is 11.7. The van der Waals surface area contributed by atoms with Crippen molar-refractivity contribution in [3.05, 3.63) is 0 Å². The van der Waals surface area contributed by atoms with Crippen LogP contribution in [0.5, 0.6) is 0 Å². The molecule has 5 nitrogen and oxygen atoms in total. The number of imide groups is 3. The maximum Gasteiger partial charge on any atom is 0.423 e. The van der Waals surface area contributed by atoms with E-state index >= 15 is 0 Å². The summed E-state index contributed by atoms with van der Waals surface area (Å²) < 4.78 is 3.52. The lowest BCUT2D eigenvalue weighted by Gasteiger charge is -2.16. The summed E-state index contributed by atoms with van der Waals surface area (Å²) in [6, 6.07) is 0. The number of amides is 3. The number of hydrogen-bond donors (Lipinski definition) is 0. The summed E-state index contributed by atoms with van der Waals surface area (Å²) in [5, 5.41) is -0.564. The molecule has 78 valence electrons. The van der Waals surface area contributed by atoms with Crippen molar-refractivity contribution in [2.24, 2.45) is 0 Å². The Morgan fingerprint density at radius 2 is 2.14 bits per heavy atom. The Bertz CT molecular complexity index is 304. The van der Waals surface area contributed by atoms with Crippen LogP contribution in [-0.4, -0.2) is 34.0 Å². The fraction of sp³-hybridized carbons (Fsp3) is 0.625. The number of thioether (sulfide) groups is 1. The van der Waals surface area contributed by atoms with Gasteiger partial charge in [-0.2, -0.15) is 4.90 Å². The first-order valence-corrected chi connectivity index (χ1v) is 4.93. The van der Waals surface area contributed by atoms with Gasteiger partial charge in [-0.15, -0.1) is 0 Å². The van der Waals surface area contributed by atoms with E-state index in [1.807, 2.05) is 0 Å². The second-order valence-corrected chi connectivity index (χ2v) is 4.52. The molecule has 1 rings (SSSR count). The third kappa shape index (κ3) is 1.50. The largest absolute Gasteiger partial charge is 0.452 e. The van der Waals surface area contributed by atoms with Crippen molar-refractivity contribution in [3.8, 4) is 0 Å². The lowest BCUT2D eigenvalue weighted by molar-refractivity contribution is -0.127. The molecule has 6 heteroatoms. The Balaban J connectivity index is 2.97. The van der Waals surface area contributed by atoms with Gasteiger partial charge in [0.1, 0.15) is 4.75 Å². The monoisotopic (exact) mass is 217 g/mol.